The summed E-state index contributed by atoms with van der Waals surface area (Å²) in [5, 5.41) is 25.1. The molecule has 0 bridgehead atoms. The average Bonchev–Trinajstić information content (AvgIpc) is 2.82. The number of hydrogen-bond donors (Lipinski definition) is 4. The number of amides is 2. The first-order chi connectivity index (χ1) is 16.4. The normalized spacial score (nSPS) is 21.0. The fourth-order valence-corrected chi connectivity index (χ4v) is 5.32. The molecule has 1 aromatic carbocycles. The molecular weight excluding hydrogens is 461 g/mol. The monoisotopic (exact) mass is 489 g/mol. The molecule has 0 atom stereocenters. The van der Waals surface area contributed by atoms with E-state index in [9.17, 15) is 24.2 Å². The highest BCUT2D eigenvalue weighted by atomic mass is 32.2. The highest BCUT2D eigenvalue weighted by molar-refractivity contribution is 7.99. The third-order valence-corrected chi connectivity index (χ3v) is 7.18. The van der Waals surface area contributed by atoms with E-state index in [1.165, 1.54) is 12.1 Å². The minimum absolute atomic E-state index is 0.0298. The number of hydrogen-bond acceptors (Lipinski definition) is 7. The molecule has 10 heteroatoms. The molecule has 2 heterocycles. The van der Waals surface area contributed by atoms with Crippen LogP contribution in [0.2, 0.25) is 0 Å². The Morgan fingerprint density at radius 3 is 2.18 bits per heavy atom. The van der Waals surface area contributed by atoms with Crippen molar-refractivity contribution in [3.05, 3.63) is 47.4 Å². The maximum atomic E-state index is 13.9. The van der Waals surface area contributed by atoms with E-state index in [-0.39, 0.29) is 46.7 Å². The maximum absolute atomic E-state index is 13.9. The Kier molecular flexibility index (Phi) is 7.77. The lowest BCUT2D eigenvalue weighted by Crippen LogP contribution is -2.44. The molecule has 1 aliphatic carbocycles. The molecule has 0 unspecified atom stereocenters. The van der Waals surface area contributed by atoms with Gasteiger partial charge in [0.25, 0.3) is 11.8 Å². The van der Waals surface area contributed by atoms with Crippen molar-refractivity contribution in [2.45, 2.75) is 56.7 Å². The predicted octanol–water partition coefficient (Wildman–Crippen LogP) is 3.38. The Morgan fingerprint density at radius 1 is 0.941 bits per heavy atom. The van der Waals surface area contributed by atoms with Gasteiger partial charge in [-0.25, -0.2) is 9.37 Å². The zero-order valence-corrected chi connectivity index (χ0v) is 19.4. The molecule has 0 spiro atoms. The number of pyridine rings is 1. The lowest BCUT2D eigenvalue weighted by molar-refractivity contribution is 0.0884. The molecule has 2 amide bonds. The number of halogens is 1. The second kappa shape index (κ2) is 10.9. The third-order valence-electron chi connectivity index (χ3n) is 6.13. The van der Waals surface area contributed by atoms with Crippen LogP contribution in [0.3, 0.4) is 0 Å². The van der Waals surface area contributed by atoms with Crippen LogP contribution < -0.4 is 15.4 Å². The summed E-state index contributed by atoms with van der Waals surface area (Å²) in [6.45, 7) is 0. The Hall–Kier alpha value is -3.01. The van der Waals surface area contributed by atoms with E-state index in [0.29, 0.717) is 25.7 Å². The van der Waals surface area contributed by atoms with E-state index in [0.717, 1.165) is 42.7 Å². The molecule has 2 aromatic rings. The number of phenols is 2. The van der Waals surface area contributed by atoms with E-state index >= 15 is 0 Å². The Balaban J connectivity index is 1.31. The van der Waals surface area contributed by atoms with Crippen LogP contribution >= 0.6 is 11.8 Å². The number of carbonyl (C=O) groups excluding carboxylic acids is 2. The molecule has 1 saturated carbocycles. The number of aromatic nitrogens is 1. The van der Waals surface area contributed by atoms with Crippen LogP contribution in [0.25, 0.3) is 0 Å². The van der Waals surface area contributed by atoms with Gasteiger partial charge in [-0.05, 0) is 68.2 Å². The van der Waals surface area contributed by atoms with Gasteiger partial charge in [-0.15, -0.1) is 0 Å². The van der Waals surface area contributed by atoms with Crippen LogP contribution in [0.1, 0.15) is 59.2 Å². The molecule has 182 valence electrons. The quantitative estimate of drug-likeness (QED) is 0.491. The van der Waals surface area contributed by atoms with Crippen molar-refractivity contribution in [2.75, 3.05) is 11.5 Å². The molecular formula is C24H28FN3O5S. The molecule has 4 rings (SSSR count). The number of aromatic hydroxyl groups is 2. The summed E-state index contributed by atoms with van der Waals surface area (Å²) in [4.78, 5) is 29.4. The van der Waals surface area contributed by atoms with E-state index in [4.69, 9.17) is 4.74 Å². The number of carbonyl (C=O) groups is 2. The first kappa shape index (κ1) is 24.1. The number of thioether (sulfide) groups is 1. The van der Waals surface area contributed by atoms with Crippen LogP contribution in [-0.4, -0.2) is 56.7 Å². The third kappa shape index (κ3) is 6.11. The van der Waals surface area contributed by atoms with E-state index in [1.54, 1.807) is 0 Å². The van der Waals surface area contributed by atoms with Gasteiger partial charge in [-0.3, -0.25) is 9.59 Å². The lowest BCUT2D eigenvalue weighted by Gasteiger charge is -2.30. The van der Waals surface area contributed by atoms with Gasteiger partial charge in [-0.2, -0.15) is 11.8 Å². The Morgan fingerprint density at radius 2 is 1.56 bits per heavy atom. The molecule has 8 nitrogen and oxygen atoms in total. The zero-order valence-electron chi connectivity index (χ0n) is 18.6. The van der Waals surface area contributed by atoms with E-state index < -0.39 is 17.6 Å². The van der Waals surface area contributed by atoms with Gasteiger partial charge in [0, 0.05) is 18.2 Å². The van der Waals surface area contributed by atoms with Gasteiger partial charge < -0.3 is 25.6 Å². The first-order valence-electron chi connectivity index (χ1n) is 11.4. The fourth-order valence-electron chi connectivity index (χ4n) is 4.26. The summed E-state index contributed by atoms with van der Waals surface area (Å²) < 4.78 is 19.8. The van der Waals surface area contributed by atoms with Crippen LogP contribution in [0.15, 0.2) is 30.5 Å². The standard InChI is InChI=1S/C24H28FN3O5S/c25-14-11-20(24(26-13-14)33-18-7-9-34-10-8-18)23(32)28-16-3-1-15(2-4-16)27-22(31)19-6-5-17(29)12-21(19)30/h5-6,11-13,15-16,18,29-30H,1-4,7-10H2,(H,27,31)(H,28,32). The number of nitrogens with one attached hydrogen (secondary N) is 2. The van der Waals surface area contributed by atoms with Crippen molar-refractivity contribution in [1.29, 1.82) is 0 Å². The lowest BCUT2D eigenvalue weighted by atomic mass is 9.90. The van der Waals surface area contributed by atoms with Crippen LogP contribution in [-0.2, 0) is 0 Å². The molecule has 2 aliphatic rings. The van der Waals surface area contributed by atoms with Crippen molar-refractivity contribution in [1.82, 2.24) is 15.6 Å². The number of ether oxygens (including phenoxy) is 1. The Labute approximate surface area is 201 Å². The molecule has 1 aliphatic heterocycles. The molecule has 0 radical (unpaired) electrons. The van der Waals surface area contributed by atoms with Crippen LogP contribution in [0.5, 0.6) is 17.4 Å². The highest BCUT2D eigenvalue weighted by Gasteiger charge is 2.27. The summed E-state index contributed by atoms with van der Waals surface area (Å²) in [7, 11) is 0. The van der Waals surface area contributed by atoms with E-state index in [1.807, 2.05) is 11.8 Å². The van der Waals surface area contributed by atoms with Crippen molar-refractivity contribution in [2.24, 2.45) is 0 Å². The molecule has 4 N–H and O–H groups in total. The second-order valence-corrected chi connectivity index (χ2v) is 9.86. The number of phenolic OH excluding ortho intramolecular Hbond substituents is 2. The topological polar surface area (TPSA) is 121 Å². The van der Waals surface area contributed by atoms with Gasteiger partial charge in [0.05, 0.1) is 11.8 Å². The second-order valence-electron chi connectivity index (χ2n) is 8.63. The fraction of sp³-hybridized carbons (Fsp3) is 0.458. The summed E-state index contributed by atoms with van der Waals surface area (Å²) in [5.41, 5.74) is 0.187. The van der Waals surface area contributed by atoms with Gasteiger partial charge in [0.15, 0.2) is 0 Å². The average molecular weight is 490 g/mol. The zero-order chi connectivity index (χ0) is 24.1. The van der Waals surface area contributed by atoms with Crippen LogP contribution in [0, 0.1) is 5.82 Å². The summed E-state index contributed by atoms with van der Waals surface area (Å²) >= 11 is 1.86. The van der Waals surface area contributed by atoms with Gasteiger partial charge in [0.1, 0.15) is 29.0 Å². The van der Waals surface area contributed by atoms with Gasteiger partial charge in [-0.1, -0.05) is 0 Å². The molecule has 2 fully saturated rings. The number of nitrogens with zero attached hydrogens (tertiary/aromatic N) is 1. The molecule has 1 aromatic heterocycles. The first-order valence-corrected chi connectivity index (χ1v) is 12.6. The summed E-state index contributed by atoms with van der Waals surface area (Å²) in [5.74, 6) is 0.287. The van der Waals surface area contributed by atoms with Gasteiger partial charge >= 0.3 is 0 Å². The minimum Gasteiger partial charge on any atom is -0.508 e. The molecule has 34 heavy (non-hydrogen) atoms. The number of benzene rings is 1. The van der Waals surface area contributed by atoms with Crippen LogP contribution in [0.4, 0.5) is 4.39 Å². The summed E-state index contributed by atoms with van der Waals surface area (Å²) in [6.07, 6.45) is 5.31. The van der Waals surface area contributed by atoms with Crippen molar-refractivity contribution >= 4 is 23.6 Å². The SMILES string of the molecule is O=C(NC1CCC(NC(=O)c2cc(F)cnc2OC2CCSCC2)CC1)c1ccc(O)cc1O. The highest BCUT2D eigenvalue weighted by Crippen LogP contribution is 2.26. The Bertz CT molecular complexity index is 1040. The molecule has 1 saturated heterocycles. The minimum atomic E-state index is -0.597. The van der Waals surface area contributed by atoms with E-state index in [2.05, 4.69) is 15.6 Å². The number of rotatable bonds is 6. The smallest absolute Gasteiger partial charge is 0.257 e. The van der Waals surface area contributed by atoms with Gasteiger partial charge in [0.2, 0.25) is 5.88 Å². The predicted molar refractivity (Wildman–Crippen MR) is 126 cm³/mol. The largest absolute Gasteiger partial charge is 0.508 e. The van der Waals surface area contributed by atoms with Crippen molar-refractivity contribution in [3.8, 4) is 17.4 Å². The maximum Gasteiger partial charge on any atom is 0.257 e. The van der Waals surface area contributed by atoms with Crippen molar-refractivity contribution in [3.63, 3.8) is 0 Å². The summed E-state index contributed by atoms with van der Waals surface area (Å²) in [6, 6.07) is 4.76. The van der Waals surface area contributed by atoms with Crippen molar-refractivity contribution < 1.29 is 28.9 Å².